The van der Waals surface area contributed by atoms with Gasteiger partial charge in [-0.25, -0.2) is 0 Å². The highest BCUT2D eigenvalue weighted by Gasteiger charge is 2.14. The van der Waals surface area contributed by atoms with E-state index in [0.717, 1.165) is 43.0 Å². The molecule has 0 spiro atoms. The van der Waals surface area contributed by atoms with Crippen LogP contribution in [-0.4, -0.2) is 11.1 Å². The Morgan fingerprint density at radius 2 is 2.38 bits per heavy atom. The van der Waals surface area contributed by atoms with E-state index in [9.17, 15) is 4.79 Å². The second kappa shape index (κ2) is 7.05. The zero-order chi connectivity index (χ0) is 12.0. The maximum atomic E-state index is 11.6. The first kappa shape index (κ1) is 13.7. The van der Waals surface area contributed by atoms with E-state index in [0.29, 0.717) is 11.7 Å². The fourth-order valence-electron chi connectivity index (χ4n) is 1.98. The Bertz CT molecular complexity index is 302. The average molecular weight is 285 g/mol. The Hall–Kier alpha value is -0.370. The lowest BCUT2D eigenvalue weighted by Crippen LogP contribution is -2.08. The van der Waals surface area contributed by atoms with E-state index in [-0.39, 0.29) is 0 Å². The van der Waals surface area contributed by atoms with Crippen molar-refractivity contribution in [1.82, 2.24) is 0 Å². The first-order chi connectivity index (χ1) is 7.65. The quantitative estimate of drug-likeness (QED) is 0.539. The number of carbonyl (C=O) groups excluding carboxylic acids is 1. The maximum Gasteiger partial charge on any atom is 0.158 e. The van der Waals surface area contributed by atoms with Crippen LogP contribution in [0.1, 0.15) is 46.0 Å². The van der Waals surface area contributed by atoms with E-state index in [4.69, 9.17) is 0 Å². The van der Waals surface area contributed by atoms with E-state index in [2.05, 4.69) is 41.9 Å². The van der Waals surface area contributed by atoms with Crippen LogP contribution >= 0.6 is 15.9 Å². The molecule has 1 rings (SSSR count). The van der Waals surface area contributed by atoms with E-state index >= 15 is 0 Å². The van der Waals surface area contributed by atoms with E-state index in [1.165, 1.54) is 5.57 Å². The van der Waals surface area contributed by atoms with E-state index < -0.39 is 0 Å². The summed E-state index contributed by atoms with van der Waals surface area (Å²) in [5.41, 5.74) is 2.49. The first-order valence-electron chi connectivity index (χ1n) is 6.10. The molecule has 1 nitrogen and oxygen atoms in total. The molecule has 1 atom stereocenters. The molecule has 0 aromatic rings. The SMILES string of the molecule is C/C(=C\CBr)C(C)CCC1=CCCCC1=O. The van der Waals surface area contributed by atoms with Gasteiger partial charge in [0, 0.05) is 11.8 Å². The van der Waals surface area contributed by atoms with Crippen molar-refractivity contribution in [2.24, 2.45) is 5.92 Å². The molecule has 0 saturated carbocycles. The third kappa shape index (κ3) is 4.25. The standard InChI is InChI=1S/C14H21BrO/c1-11(12(2)9-10-15)7-8-13-5-3-4-6-14(13)16/h5,9,11H,3-4,6-8,10H2,1-2H3/b12-9+. The predicted molar refractivity (Wildman–Crippen MR) is 72.9 cm³/mol. The Balaban J connectivity index is 2.42. The highest BCUT2D eigenvalue weighted by atomic mass is 79.9. The van der Waals surface area contributed by atoms with E-state index in [1.54, 1.807) is 0 Å². The van der Waals surface area contributed by atoms with Crippen LogP contribution in [0.3, 0.4) is 0 Å². The van der Waals surface area contributed by atoms with Gasteiger partial charge in [-0.05, 0) is 44.1 Å². The summed E-state index contributed by atoms with van der Waals surface area (Å²) in [7, 11) is 0. The number of halogens is 1. The van der Waals surface area contributed by atoms with Crippen LogP contribution in [0.25, 0.3) is 0 Å². The van der Waals surface area contributed by atoms with Gasteiger partial charge in [-0.3, -0.25) is 4.79 Å². The van der Waals surface area contributed by atoms with Crippen molar-refractivity contribution in [2.45, 2.75) is 46.0 Å². The molecule has 90 valence electrons. The molecule has 2 heteroatoms. The fraction of sp³-hybridized carbons (Fsp3) is 0.643. The number of alkyl halides is 1. The van der Waals surface area contributed by atoms with Crippen molar-refractivity contribution in [3.63, 3.8) is 0 Å². The van der Waals surface area contributed by atoms with Crippen molar-refractivity contribution in [3.8, 4) is 0 Å². The molecule has 0 radical (unpaired) electrons. The number of ketones is 1. The monoisotopic (exact) mass is 284 g/mol. The summed E-state index contributed by atoms with van der Waals surface area (Å²) in [6.07, 6.45) is 9.28. The topological polar surface area (TPSA) is 17.1 Å². The second-order valence-corrected chi connectivity index (χ2v) is 5.23. The minimum Gasteiger partial charge on any atom is -0.295 e. The molecular weight excluding hydrogens is 264 g/mol. The zero-order valence-electron chi connectivity index (χ0n) is 10.3. The Kier molecular flexibility index (Phi) is 6.04. The molecule has 0 amide bonds. The maximum absolute atomic E-state index is 11.6. The van der Waals surface area contributed by atoms with Gasteiger partial charge in [-0.1, -0.05) is 40.6 Å². The lowest BCUT2D eigenvalue weighted by Gasteiger charge is -2.15. The van der Waals surface area contributed by atoms with Crippen molar-refractivity contribution in [3.05, 3.63) is 23.3 Å². The van der Waals surface area contributed by atoms with Crippen LogP contribution in [0.4, 0.5) is 0 Å². The highest BCUT2D eigenvalue weighted by Crippen LogP contribution is 2.23. The lowest BCUT2D eigenvalue weighted by molar-refractivity contribution is -0.116. The smallest absolute Gasteiger partial charge is 0.158 e. The molecule has 0 fully saturated rings. The Morgan fingerprint density at radius 3 is 3.00 bits per heavy atom. The first-order valence-corrected chi connectivity index (χ1v) is 7.22. The van der Waals surface area contributed by atoms with Gasteiger partial charge in [-0.2, -0.15) is 0 Å². The van der Waals surface area contributed by atoms with Gasteiger partial charge < -0.3 is 0 Å². The normalized spacial score (nSPS) is 19.6. The van der Waals surface area contributed by atoms with Gasteiger partial charge >= 0.3 is 0 Å². The van der Waals surface area contributed by atoms with Gasteiger partial charge in [-0.15, -0.1) is 0 Å². The molecule has 0 aromatic heterocycles. The molecule has 16 heavy (non-hydrogen) atoms. The van der Waals surface area contributed by atoms with Gasteiger partial charge in [0.2, 0.25) is 0 Å². The third-order valence-electron chi connectivity index (χ3n) is 3.38. The summed E-state index contributed by atoms with van der Waals surface area (Å²) in [5.74, 6) is 0.953. The molecule has 0 aliphatic heterocycles. The molecular formula is C14H21BrO. The molecule has 0 heterocycles. The summed E-state index contributed by atoms with van der Waals surface area (Å²) in [4.78, 5) is 11.6. The van der Waals surface area contributed by atoms with Gasteiger partial charge in [0.05, 0.1) is 0 Å². The zero-order valence-corrected chi connectivity index (χ0v) is 11.8. The van der Waals surface area contributed by atoms with Crippen LogP contribution in [-0.2, 0) is 4.79 Å². The molecule has 0 aromatic carbocycles. The number of Topliss-reactive ketones (excluding diaryl/α,β-unsaturated/α-hetero) is 1. The van der Waals surface area contributed by atoms with Crippen molar-refractivity contribution in [1.29, 1.82) is 0 Å². The third-order valence-corrected chi connectivity index (χ3v) is 3.70. The van der Waals surface area contributed by atoms with Crippen LogP contribution < -0.4 is 0 Å². The summed E-state index contributed by atoms with van der Waals surface area (Å²) in [6.45, 7) is 4.41. The average Bonchev–Trinajstić information content (AvgIpc) is 2.28. The van der Waals surface area contributed by atoms with Crippen molar-refractivity contribution >= 4 is 21.7 Å². The summed E-state index contributed by atoms with van der Waals surface area (Å²) >= 11 is 3.41. The second-order valence-electron chi connectivity index (χ2n) is 4.59. The van der Waals surface area contributed by atoms with Crippen molar-refractivity contribution in [2.75, 3.05) is 5.33 Å². The summed E-state index contributed by atoms with van der Waals surface area (Å²) in [5, 5.41) is 0.921. The number of hydrogen-bond donors (Lipinski definition) is 0. The highest BCUT2D eigenvalue weighted by molar-refractivity contribution is 9.09. The van der Waals surface area contributed by atoms with Gasteiger partial charge in [0.15, 0.2) is 5.78 Å². The molecule has 1 aliphatic rings. The van der Waals surface area contributed by atoms with E-state index in [1.807, 2.05) is 0 Å². The summed E-state index contributed by atoms with van der Waals surface area (Å²) in [6, 6.07) is 0. The number of hydrogen-bond acceptors (Lipinski definition) is 1. The largest absolute Gasteiger partial charge is 0.295 e. The number of carbonyl (C=O) groups is 1. The minimum atomic E-state index is 0.376. The van der Waals surface area contributed by atoms with Crippen LogP contribution in [0.5, 0.6) is 0 Å². The Morgan fingerprint density at radius 1 is 1.62 bits per heavy atom. The summed E-state index contributed by atoms with van der Waals surface area (Å²) < 4.78 is 0. The van der Waals surface area contributed by atoms with Crippen LogP contribution in [0.15, 0.2) is 23.3 Å². The molecule has 0 N–H and O–H groups in total. The predicted octanol–water partition coefficient (Wildman–Crippen LogP) is 4.42. The van der Waals surface area contributed by atoms with Gasteiger partial charge in [0.1, 0.15) is 0 Å². The molecule has 0 saturated heterocycles. The van der Waals surface area contributed by atoms with Crippen LogP contribution in [0.2, 0.25) is 0 Å². The fourth-order valence-corrected chi connectivity index (χ4v) is 2.49. The number of rotatable bonds is 5. The molecule has 1 aliphatic carbocycles. The Labute approximate surface area is 107 Å². The van der Waals surface area contributed by atoms with Crippen LogP contribution in [0, 0.1) is 5.92 Å². The molecule has 0 bridgehead atoms. The lowest BCUT2D eigenvalue weighted by atomic mass is 9.89. The molecule has 1 unspecified atom stereocenters. The van der Waals surface area contributed by atoms with Gasteiger partial charge in [0.25, 0.3) is 0 Å². The number of allylic oxidation sites excluding steroid dienone is 4. The van der Waals surface area contributed by atoms with Crippen molar-refractivity contribution < 1.29 is 4.79 Å². The minimum absolute atomic E-state index is 0.376.